The van der Waals surface area contributed by atoms with Gasteiger partial charge in [0, 0.05) is 61.4 Å². The Kier molecular flexibility index (Phi) is 7.75. The van der Waals surface area contributed by atoms with E-state index in [1.54, 1.807) is 30.8 Å². The van der Waals surface area contributed by atoms with Crippen molar-refractivity contribution < 1.29 is 23.1 Å². The van der Waals surface area contributed by atoms with Gasteiger partial charge in [-0.1, -0.05) is 17.7 Å². The van der Waals surface area contributed by atoms with E-state index >= 15 is 8.78 Å². The summed E-state index contributed by atoms with van der Waals surface area (Å²) in [5, 5.41) is 13.5. The van der Waals surface area contributed by atoms with E-state index < -0.39 is 17.5 Å². The van der Waals surface area contributed by atoms with E-state index in [0.29, 0.717) is 47.5 Å². The molecule has 1 aliphatic heterocycles. The van der Waals surface area contributed by atoms with Gasteiger partial charge in [-0.15, -0.1) is 0 Å². The number of anilines is 1. The third-order valence-corrected chi connectivity index (χ3v) is 8.62. The molecule has 2 aromatic carbocycles. The lowest BCUT2D eigenvalue weighted by Crippen LogP contribution is -2.32. The van der Waals surface area contributed by atoms with Crippen LogP contribution in [0.25, 0.3) is 22.4 Å². The molecule has 2 aliphatic rings. The number of rotatable bonds is 9. The van der Waals surface area contributed by atoms with Crippen molar-refractivity contribution in [3.8, 4) is 22.4 Å². The van der Waals surface area contributed by atoms with E-state index in [2.05, 4.69) is 26.0 Å². The third kappa shape index (κ3) is 5.30. The molecule has 224 valence electrons. The summed E-state index contributed by atoms with van der Waals surface area (Å²) in [6, 6.07) is 7.71. The second-order valence-electron chi connectivity index (χ2n) is 10.8. The first-order valence-corrected chi connectivity index (χ1v) is 14.2. The zero-order valence-corrected chi connectivity index (χ0v) is 24.5. The fourth-order valence-corrected chi connectivity index (χ4v) is 6.03. The molecular formula is C30H30ClF2N7O3. The highest BCUT2D eigenvalue weighted by molar-refractivity contribution is 6.34. The number of nitrogens with zero attached hydrogens (tertiary/aromatic N) is 4. The van der Waals surface area contributed by atoms with Crippen LogP contribution in [0.5, 0.6) is 0 Å². The van der Waals surface area contributed by atoms with Crippen LogP contribution in [-0.4, -0.2) is 64.0 Å². The van der Waals surface area contributed by atoms with Gasteiger partial charge in [-0.2, -0.15) is 5.10 Å². The highest BCUT2D eigenvalue weighted by Crippen LogP contribution is 2.42. The molecule has 10 nitrogen and oxygen atoms in total. The van der Waals surface area contributed by atoms with E-state index in [-0.39, 0.29) is 39.6 Å². The lowest BCUT2D eigenvalue weighted by atomic mass is 10.0. The lowest BCUT2D eigenvalue weighted by molar-refractivity contribution is 0.0946. The van der Waals surface area contributed by atoms with Crippen LogP contribution in [0.1, 0.15) is 26.7 Å². The Balaban J connectivity index is 1.17. The number of hydrogen-bond donors (Lipinski definition) is 3. The van der Waals surface area contributed by atoms with E-state index in [1.165, 1.54) is 42.2 Å². The minimum Gasteiger partial charge on any atom is -0.383 e. The Labute approximate surface area is 251 Å². The van der Waals surface area contributed by atoms with E-state index in [0.717, 1.165) is 13.1 Å². The van der Waals surface area contributed by atoms with Crippen molar-refractivity contribution in [1.29, 1.82) is 0 Å². The summed E-state index contributed by atoms with van der Waals surface area (Å²) < 4.78 is 38.8. The summed E-state index contributed by atoms with van der Waals surface area (Å²) in [7, 11) is 3.11. The van der Waals surface area contributed by atoms with Crippen LogP contribution >= 0.6 is 11.6 Å². The van der Waals surface area contributed by atoms with Gasteiger partial charge in [0.1, 0.15) is 0 Å². The van der Waals surface area contributed by atoms with E-state index in [1.807, 2.05) is 0 Å². The Hall–Kier alpha value is -4.13. The zero-order chi connectivity index (χ0) is 30.4. The molecule has 0 spiro atoms. The standard InChI is InChI=1S/C30H30ClF2N7O3/c1-15-20(13-36-40(15)8-9-43-3)17-6-7-19(26(33)25(17)32)24-14-35-28(39(24)2)30(42)37-16-4-5-18(23(31)10-16)29(41)38-27-21-11-34-12-22(21)27/h4-7,10,13-14,21-22,27,34H,8-9,11-12H2,1-3H3,(H,37,42)(H,38,41)/t21-,22?,27?/m0/s1. The fraction of sp³-hybridized carbons (Fsp3) is 0.333. The predicted octanol–water partition coefficient (Wildman–Crippen LogP) is 4.04. The molecule has 1 aliphatic carbocycles. The monoisotopic (exact) mass is 609 g/mol. The van der Waals surface area contributed by atoms with Crippen molar-refractivity contribution in [2.75, 3.05) is 32.1 Å². The molecule has 43 heavy (non-hydrogen) atoms. The van der Waals surface area contributed by atoms with Crippen LogP contribution < -0.4 is 16.0 Å². The number of fused-ring (bicyclic) bond motifs is 1. The molecule has 6 rings (SSSR count). The lowest BCUT2D eigenvalue weighted by Gasteiger charge is -2.12. The minimum atomic E-state index is -1.07. The second kappa shape index (κ2) is 11.5. The highest BCUT2D eigenvalue weighted by Gasteiger charge is 2.53. The van der Waals surface area contributed by atoms with Gasteiger partial charge in [0.15, 0.2) is 17.5 Å². The van der Waals surface area contributed by atoms with Crippen molar-refractivity contribution >= 4 is 29.1 Å². The number of amides is 2. The van der Waals surface area contributed by atoms with Crippen LogP contribution in [0.3, 0.4) is 0 Å². The summed E-state index contributed by atoms with van der Waals surface area (Å²) in [5.41, 5.74) is 2.06. The molecule has 1 saturated heterocycles. The summed E-state index contributed by atoms with van der Waals surface area (Å²) in [5.74, 6) is -2.04. The summed E-state index contributed by atoms with van der Waals surface area (Å²) >= 11 is 6.38. The Morgan fingerprint density at radius 3 is 2.51 bits per heavy atom. The number of piperidine rings is 1. The largest absolute Gasteiger partial charge is 0.383 e. The third-order valence-electron chi connectivity index (χ3n) is 8.31. The van der Waals surface area contributed by atoms with Crippen LogP contribution in [0.4, 0.5) is 14.5 Å². The van der Waals surface area contributed by atoms with Gasteiger partial charge in [-0.3, -0.25) is 14.3 Å². The normalized spacial score (nSPS) is 18.9. The number of hydrogen-bond acceptors (Lipinski definition) is 6. The van der Waals surface area contributed by atoms with Crippen molar-refractivity contribution in [1.82, 2.24) is 30.0 Å². The quantitative estimate of drug-likeness (QED) is 0.264. The van der Waals surface area contributed by atoms with Crippen LogP contribution in [0, 0.1) is 30.4 Å². The molecule has 1 saturated carbocycles. The van der Waals surface area contributed by atoms with E-state index in [9.17, 15) is 9.59 Å². The fourth-order valence-electron chi connectivity index (χ4n) is 5.77. The number of nitrogens with one attached hydrogen (secondary N) is 3. The molecule has 2 unspecified atom stereocenters. The number of carbonyl (C=O) groups excluding carboxylic acids is 2. The first-order valence-electron chi connectivity index (χ1n) is 13.8. The number of benzene rings is 2. The topological polar surface area (TPSA) is 115 Å². The summed E-state index contributed by atoms with van der Waals surface area (Å²) in [6.07, 6.45) is 2.80. The first-order chi connectivity index (χ1) is 20.7. The molecule has 3 atom stereocenters. The molecule has 4 aromatic rings. The number of halogens is 3. The Bertz CT molecular complexity index is 1730. The average Bonchev–Trinajstić information content (AvgIpc) is 3.37. The highest BCUT2D eigenvalue weighted by atomic mass is 35.5. The van der Waals surface area contributed by atoms with Crippen molar-refractivity contribution in [2.24, 2.45) is 18.9 Å². The second-order valence-corrected chi connectivity index (χ2v) is 11.2. The van der Waals surface area contributed by atoms with Crippen molar-refractivity contribution in [3.05, 3.63) is 76.5 Å². The maximum absolute atomic E-state index is 15.4. The van der Waals surface area contributed by atoms with Crippen LogP contribution in [0.15, 0.2) is 42.7 Å². The van der Waals surface area contributed by atoms with E-state index in [4.69, 9.17) is 16.3 Å². The van der Waals surface area contributed by atoms with Gasteiger partial charge in [0.25, 0.3) is 11.8 Å². The van der Waals surface area contributed by atoms with Gasteiger partial charge in [-0.05, 0) is 43.0 Å². The number of methoxy groups -OCH3 is 1. The maximum atomic E-state index is 15.4. The van der Waals surface area contributed by atoms with Crippen molar-refractivity contribution in [2.45, 2.75) is 19.5 Å². The summed E-state index contributed by atoms with van der Waals surface area (Å²) in [6.45, 7) is 4.50. The maximum Gasteiger partial charge on any atom is 0.291 e. The Morgan fingerprint density at radius 2 is 1.79 bits per heavy atom. The smallest absolute Gasteiger partial charge is 0.291 e. The predicted molar refractivity (Wildman–Crippen MR) is 157 cm³/mol. The molecule has 2 fully saturated rings. The minimum absolute atomic E-state index is 0.0269. The molecule has 3 heterocycles. The summed E-state index contributed by atoms with van der Waals surface area (Å²) in [4.78, 5) is 29.9. The van der Waals surface area contributed by atoms with Gasteiger partial charge in [-0.25, -0.2) is 13.8 Å². The van der Waals surface area contributed by atoms with Gasteiger partial charge in [0.05, 0.1) is 41.8 Å². The van der Waals surface area contributed by atoms with Crippen molar-refractivity contribution in [3.63, 3.8) is 0 Å². The number of aromatic nitrogens is 4. The molecule has 13 heteroatoms. The molecule has 0 bridgehead atoms. The molecular weight excluding hydrogens is 580 g/mol. The average molecular weight is 610 g/mol. The molecule has 0 radical (unpaired) electrons. The number of imidazole rings is 1. The van der Waals surface area contributed by atoms with Crippen LogP contribution in [0.2, 0.25) is 5.02 Å². The number of ether oxygens (including phenoxy) is 1. The van der Waals surface area contributed by atoms with Gasteiger partial charge in [0.2, 0.25) is 0 Å². The SMILES string of the molecule is COCCn1ncc(-c2ccc(-c3cnc(C(=O)Nc4ccc(C(=O)NC5C6CNC[C@@H]65)c(Cl)c4)n3C)c(F)c2F)c1C. The number of carbonyl (C=O) groups is 2. The molecule has 2 aromatic heterocycles. The van der Waals surface area contributed by atoms with Gasteiger partial charge >= 0.3 is 0 Å². The molecule has 2 amide bonds. The first kappa shape index (κ1) is 29.0. The zero-order valence-electron chi connectivity index (χ0n) is 23.7. The van der Waals surface area contributed by atoms with Gasteiger partial charge < -0.3 is 25.3 Å². The molecule has 3 N–H and O–H groups in total. The van der Waals surface area contributed by atoms with Crippen LogP contribution in [-0.2, 0) is 18.3 Å². The Morgan fingerprint density at radius 1 is 1.07 bits per heavy atom.